The van der Waals surface area contributed by atoms with E-state index in [0.717, 1.165) is 24.9 Å². The van der Waals surface area contributed by atoms with E-state index in [1.165, 1.54) is 0 Å². The van der Waals surface area contributed by atoms with E-state index in [4.69, 9.17) is 0 Å². The summed E-state index contributed by atoms with van der Waals surface area (Å²) in [6, 6.07) is 14.1. The lowest BCUT2D eigenvalue weighted by atomic mass is 10.1. The molecule has 0 radical (unpaired) electrons. The Bertz CT molecular complexity index is 674. The summed E-state index contributed by atoms with van der Waals surface area (Å²) in [4.78, 5) is 14.4. The minimum Gasteiger partial charge on any atom is -0.302 e. The first kappa shape index (κ1) is 17.2. The molecule has 2 rings (SSSR count). The molecule has 2 aromatic rings. The third-order valence-corrected chi connectivity index (χ3v) is 4.62. The second-order valence-electron chi connectivity index (χ2n) is 4.99. The summed E-state index contributed by atoms with van der Waals surface area (Å²) in [6.07, 6.45) is 3.38. The number of carbonyl (C=O) groups is 1. The van der Waals surface area contributed by atoms with Gasteiger partial charge in [0.1, 0.15) is 0 Å². The van der Waals surface area contributed by atoms with Crippen LogP contribution in [-0.4, -0.2) is 5.91 Å². The molecule has 0 aliphatic heterocycles. The summed E-state index contributed by atoms with van der Waals surface area (Å²) in [5.74, 6) is -0.0196. The molecule has 0 atom stereocenters. The number of hydrogen-bond acceptors (Lipinski definition) is 1. The normalized spacial score (nSPS) is 10.9. The molecular formula is C18H17BrINO. The Kier molecular flexibility index (Phi) is 6.20. The van der Waals surface area contributed by atoms with Crippen molar-refractivity contribution in [2.45, 2.75) is 20.4 Å². The fourth-order valence-corrected chi connectivity index (χ4v) is 4.45. The molecule has 0 aliphatic rings. The van der Waals surface area contributed by atoms with Gasteiger partial charge in [0.15, 0.2) is 0 Å². The van der Waals surface area contributed by atoms with Crippen molar-refractivity contribution in [2.24, 2.45) is 0 Å². The molecule has 0 N–H and O–H groups in total. The minimum atomic E-state index is -0.0196. The van der Waals surface area contributed by atoms with E-state index in [1.54, 1.807) is 17.1 Å². The molecule has 2 aromatic carbocycles. The SMILES string of the molecule is C/C=C/C(=O)N(Cc1ccccc1)c1c(Br)cc(C)cc1I. The molecule has 0 aromatic heterocycles. The van der Waals surface area contributed by atoms with Crippen LogP contribution in [0.4, 0.5) is 5.69 Å². The summed E-state index contributed by atoms with van der Waals surface area (Å²) < 4.78 is 1.99. The van der Waals surface area contributed by atoms with E-state index in [2.05, 4.69) is 44.6 Å². The smallest absolute Gasteiger partial charge is 0.251 e. The maximum Gasteiger partial charge on any atom is 0.251 e. The van der Waals surface area contributed by atoms with Crippen LogP contribution in [0.15, 0.2) is 59.1 Å². The van der Waals surface area contributed by atoms with Crippen molar-refractivity contribution in [3.05, 3.63) is 73.8 Å². The van der Waals surface area contributed by atoms with Gasteiger partial charge in [-0.3, -0.25) is 4.79 Å². The average Bonchev–Trinajstić information content (AvgIpc) is 2.46. The first-order valence-electron chi connectivity index (χ1n) is 6.96. The number of anilines is 1. The van der Waals surface area contributed by atoms with Crippen molar-refractivity contribution < 1.29 is 4.79 Å². The molecule has 1 amide bonds. The van der Waals surface area contributed by atoms with E-state index in [1.807, 2.05) is 50.2 Å². The number of allylic oxidation sites excluding steroid dienone is 1. The molecule has 22 heavy (non-hydrogen) atoms. The first-order chi connectivity index (χ1) is 10.5. The molecule has 0 bridgehead atoms. The number of hydrogen-bond donors (Lipinski definition) is 0. The molecule has 0 fully saturated rings. The lowest BCUT2D eigenvalue weighted by Gasteiger charge is -2.24. The Morgan fingerprint density at radius 1 is 1.27 bits per heavy atom. The topological polar surface area (TPSA) is 20.3 Å². The lowest BCUT2D eigenvalue weighted by molar-refractivity contribution is -0.114. The molecule has 2 nitrogen and oxygen atoms in total. The highest BCUT2D eigenvalue weighted by Gasteiger charge is 2.19. The highest BCUT2D eigenvalue weighted by atomic mass is 127. The van der Waals surface area contributed by atoms with Gasteiger partial charge in [-0.15, -0.1) is 0 Å². The van der Waals surface area contributed by atoms with Gasteiger partial charge in [0.05, 0.1) is 12.2 Å². The molecule has 4 heteroatoms. The van der Waals surface area contributed by atoms with Crippen LogP contribution in [0.3, 0.4) is 0 Å². The van der Waals surface area contributed by atoms with Crippen LogP contribution in [0, 0.1) is 10.5 Å². The summed E-state index contributed by atoms with van der Waals surface area (Å²) >= 11 is 5.89. The summed E-state index contributed by atoms with van der Waals surface area (Å²) in [6.45, 7) is 4.45. The summed E-state index contributed by atoms with van der Waals surface area (Å²) in [5, 5.41) is 0. The van der Waals surface area contributed by atoms with Crippen LogP contribution in [0.25, 0.3) is 0 Å². The predicted molar refractivity (Wildman–Crippen MR) is 104 cm³/mol. The Morgan fingerprint density at radius 3 is 2.55 bits per heavy atom. The number of rotatable bonds is 4. The Morgan fingerprint density at radius 2 is 1.95 bits per heavy atom. The third kappa shape index (κ3) is 4.20. The molecule has 0 aliphatic carbocycles. The van der Waals surface area contributed by atoms with Crippen molar-refractivity contribution in [3.63, 3.8) is 0 Å². The van der Waals surface area contributed by atoms with Crippen LogP contribution >= 0.6 is 38.5 Å². The Labute approximate surface area is 153 Å². The molecule has 0 saturated carbocycles. The zero-order chi connectivity index (χ0) is 16.1. The summed E-state index contributed by atoms with van der Waals surface area (Å²) in [5.41, 5.74) is 3.18. The van der Waals surface area contributed by atoms with Crippen LogP contribution in [0.2, 0.25) is 0 Å². The van der Waals surface area contributed by atoms with Crippen molar-refractivity contribution in [3.8, 4) is 0 Å². The van der Waals surface area contributed by atoms with Gasteiger partial charge in [0, 0.05) is 8.04 Å². The predicted octanol–water partition coefficient (Wildman–Crippen LogP) is 5.47. The van der Waals surface area contributed by atoms with Crippen molar-refractivity contribution >= 4 is 50.1 Å². The van der Waals surface area contributed by atoms with Crippen molar-refractivity contribution in [1.29, 1.82) is 0 Å². The van der Waals surface area contributed by atoms with Gasteiger partial charge in [-0.2, -0.15) is 0 Å². The zero-order valence-electron chi connectivity index (χ0n) is 12.5. The second kappa shape index (κ2) is 7.92. The molecule has 0 spiro atoms. The molecule has 114 valence electrons. The van der Waals surface area contributed by atoms with E-state index in [-0.39, 0.29) is 5.91 Å². The van der Waals surface area contributed by atoms with Gasteiger partial charge >= 0.3 is 0 Å². The van der Waals surface area contributed by atoms with Crippen molar-refractivity contribution in [1.82, 2.24) is 0 Å². The Balaban J connectivity index is 2.47. The highest BCUT2D eigenvalue weighted by Crippen LogP contribution is 2.34. The van der Waals surface area contributed by atoms with Gasteiger partial charge in [0.2, 0.25) is 0 Å². The standard InChI is InChI=1S/C18H17BrINO/c1-3-7-17(22)21(12-14-8-5-4-6-9-14)18-15(19)10-13(2)11-16(18)20/h3-11H,12H2,1-2H3/b7-3+. The largest absolute Gasteiger partial charge is 0.302 e. The first-order valence-corrected chi connectivity index (χ1v) is 8.84. The van der Waals surface area contributed by atoms with E-state index in [0.29, 0.717) is 6.54 Å². The average molecular weight is 470 g/mol. The number of halogens is 2. The number of carbonyl (C=O) groups excluding carboxylic acids is 1. The van der Waals surface area contributed by atoms with Crippen molar-refractivity contribution in [2.75, 3.05) is 4.90 Å². The van der Waals surface area contributed by atoms with Crippen LogP contribution in [-0.2, 0) is 11.3 Å². The van der Waals surface area contributed by atoms with Gasteiger partial charge in [-0.25, -0.2) is 0 Å². The van der Waals surface area contributed by atoms with E-state index in [9.17, 15) is 4.79 Å². The number of aryl methyl sites for hydroxylation is 1. The second-order valence-corrected chi connectivity index (χ2v) is 7.00. The third-order valence-electron chi connectivity index (χ3n) is 3.19. The van der Waals surface area contributed by atoms with Gasteiger partial charge in [-0.1, -0.05) is 36.4 Å². The highest BCUT2D eigenvalue weighted by molar-refractivity contribution is 14.1. The molecule has 0 unspecified atom stereocenters. The lowest BCUT2D eigenvalue weighted by Crippen LogP contribution is -2.29. The van der Waals surface area contributed by atoms with Crippen LogP contribution < -0.4 is 4.90 Å². The zero-order valence-corrected chi connectivity index (χ0v) is 16.3. The van der Waals surface area contributed by atoms with Gasteiger partial charge < -0.3 is 4.90 Å². The van der Waals surface area contributed by atoms with E-state index >= 15 is 0 Å². The molecular weight excluding hydrogens is 453 g/mol. The molecule has 0 saturated heterocycles. The fourth-order valence-electron chi connectivity index (χ4n) is 2.22. The quantitative estimate of drug-likeness (QED) is 0.429. The maximum atomic E-state index is 12.6. The van der Waals surface area contributed by atoms with Gasteiger partial charge in [0.25, 0.3) is 5.91 Å². The fraction of sp³-hybridized carbons (Fsp3) is 0.167. The Hall–Kier alpha value is -1.14. The number of benzene rings is 2. The number of amides is 1. The monoisotopic (exact) mass is 469 g/mol. The summed E-state index contributed by atoms with van der Waals surface area (Å²) in [7, 11) is 0. The van der Waals surface area contributed by atoms with Crippen LogP contribution in [0.1, 0.15) is 18.1 Å². The maximum absolute atomic E-state index is 12.6. The molecule has 0 heterocycles. The number of nitrogens with zero attached hydrogens (tertiary/aromatic N) is 1. The minimum absolute atomic E-state index is 0.0196. The van der Waals surface area contributed by atoms with Crippen LogP contribution in [0.5, 0.6) is 0 Å². The van der Waals surface area contributed by atoms with E-state index < -0.39 is 0 Å². The van der Waals surface area contributed by atoms with Gasteiger partial charge in [-0.05, 0) is 81.7 Å².